The van der Waals surface area contributed by atoms with E-state index >= 15 is 0 Å². The molecular weight excluding hydrogens is 284 g/mol. The first-order valence-corrected chi connectivity index (χ1v) is 5.46. The fourth-order valence-corrected chi connectivity index (χ4v) is 1.65. The summed E-state index contributed by atoms with van der Waals surface area (Å²) in [6, 6.07) is 2.03. The maximum Gasteiger partial charge on any atom is 0.347 e. The normalized spacial score (nSPS) is 14.5. The van der Waals surface area contributed by atoms with Gasteiger partial charge in [0.2, 0.25) is 5.67 Å². The molecule has 3 nitrogen and oxygen atoms in total. The van der Waals surface area contributed by atoms with Crippen LogP contribution in [0.4, 0.5) is 8.78 Å². The Morgan fingerprint density at radius 1 is 1.62 bits per heavy atom. The lowest BCUT2D eigenvalue weighted by atomic mass is 9.96. The molecule has 0 radical (unpaired) electrons. The lowest BCUT2D eigenvalue weighted by Gasteiger charge is -2.19. The van der Waals surface area contributed by atoms with E-state index in [4.69, 9.17) is 5.11 Å². The van der Waals surface area contributed by atoms with Crippen molar-refractivity contribution in [2.24, 2.45) is 0 Å². The van der Waals surface area contributed by atoms with Crippen molar-refractivity contribution < 1.29 is 18.7 Å². The van der Waals surface area contributed by atoms with Crippen LogP contribution >= 0.6 is 15.9 Å². The van der Waals surface area contributed by atoms with Crippen molar-refractivity contribution in [1.82, 2.24) is 4.98 Å². The second-order valence-electron chi connectivity index (χ2n) is 3.33. The zero-order valence-electron chi connectivity index (χ0n) is 8.51. The molecule has 0 fully saturated rings. The quantitative estimate of drug-likeness (QED) is 0.868. The van der Waals surface area contributed by atoms with Crippen LogP contribution in [0.25, 0.3) is 0 Å². The first-order chi connectivity index (χ1) is 7.41. The predicted molar refractivity (Wildman–Crippen MR) is 57.2 cm³/mol. The highest BCUT2D eigenvalue weighted by Crippen LogP contribution is 2.31. The average Bonchev–Trinajstić information content (AvgIpc) is 2.22. The molecule has 16 heavy (non-hydrogen) atoms. The molecule has 0 aliphatic rings. The minimum atomic E-state index is -2.56. The number of rotatable bonds is 4. The third-order valence-electron chi connectivity index (χ3n) is 2.14. The predicted octanol–water partition coefficient (Wildman–Crippen LogP) is 3.03. The van der Waals surface area contributed by atoms with Crippen LogP contribution in [-0.2, 0) is 10.5 Å². The molecular formula is C10H10BrF2NO2. The second kappa shape index (κ2) is 4.86. The summed E-state index contributed by atoms with van der Waals surface area (Å²) in [5, 5.41) is 8.85. The minimum absolute atomic E-state index is 0.190. The van der Waals surface area contributed by atoms with Gasteiger partial charge in [-0.1, -0.05) is 13.3 Å². The largest absolute Gasteiger partial charge is 0.479 e. The molecule has 1 N–H and O–H groups in total. The van der Waals surface area contributed by atoms with Gasteiger partial charge in [0.1, 0.15) is 4.60 Å². The van der Waals surface area contributed by atoms with Gasteiger partial charge in [-0.15, -0.1) is 0 Å². The number of hydrogen-bond acceptors (Lipinski definition) is 2. The molecule has 1 aromatic heterocycles. The van der Waals surface area contributed by atoms with E-state index in [0.717, 1.165) is 12.1 Å². The highest BCUT2D eigenvalue weighted by Gasteiger charge is 2.41. The number of aliphatic carboxylic acids is 1. The van der Waals surface area contributed by atoms with Gasteiger partial charge in [-0.05, 0) is 34.5 Å². The Balaban J connectivity index is 3.21. The summed E-state index contributed by atoms with van der Waals surface area (Å²) >= 11 is 2.79. The Bertz CT molecular complexity index is 414. The molecule has 1 rings (SSSR count). The van der Waals surface area contributed by atoms with E-state index < -0.39 is 17.5 Å². The lowest BCUT2D eigenvalue weighted by molar-refractivity contribution is -0.152. The molecule has 6 heteroatoms. The molecule has 0 aliphatic heterocycles. The first-order valence-electron chi connectivity index (χ1n) is 4.66. The summed E-state index contributed by atoms with van der Waals surface area (Å²) in [5.41, 5.74) is -2.86. The molecule has 1 unspecified atom stereocenters. The first kappa shape index (κ1) is 13.0. The van der Waals surface area contributed by atoms with Gasteiger partial charge in [0.25, 0.3) is 0 Å². The maximum atomic E-state index is 14.2. The second-order valence-corrected chi connectivity index (χ2v) is 4.08. The molecule has 0 amide bonds. The minimum Gasteiger partial charge on any atom is -0.479 e. The van der Waals surface area contributed by atoms with E-state index in [9.17, 15) is 13.6 Å². The third kappa shape index (κ3) is 2.37. The number of pyridine rings is 1. The summed E-state index contributed by atoms with van der Waals surface area (Å²) in [6.07, 6.45) is 0.146. The van der Waals surface area contributed by atoms with Gasteiger partial charge >= 0.3 is 5.97 Å². The number of aromatic nitrogens is 1. The van der Waals surface area contributed by atoms with Crippen molar-refractivity contribution in [2.45, 2.75) is 25.4 Å². The highest BCUT2D eigenvalue weighted by molar-refractivity contribution is 9.10. The van der Waals surface area contributed by atoms with Gasteiger partial charge in [-0.3, -0.25) is 0 Å². The zero-order valence-corrected chi connectivity index (χ0v) is 10.1. The highest BCUT2D eigenvalue weighted by atomic mass is 79.9. The number of carboxylic acids is 1. The van der Waals surface area contributed by atoms with Gasteiger partial charge in [0, 0.05) is 0 Å². The molecule has 0 saturated heterocycles. The summed E-state index contributed by atoms with van der Waals surface area (Å²) in [5.74, 6) is -2.27. The van der Waals surface area contributed by atoms with Crippen LogP contribution in [0.3, 0.4) is 0 Å². The van der Waals surface area contributed by atoms with Crippen molar-refractivity contribution in [3.63, 3.8) is 0 Å². The zero-order chi connectivity index (χ0) is 12.3. The fraction of sp³-hybridized carbons (Fsp3) is 0.400. The Hall–Kier alpha value is -1.04. The smallest absolute Gasteiger partial charge is 0.347 e. The van der Waals surface area contributed by atoms with Gasteiger partial charge < -0.3 is 5.11 Å². The van der Waals surface area contributed by atoms with Crippen molar-refractivity contribution in [2.75, 3.05) is 0 Å². The van der Waals surface area contributed by atoms with Crippen LogP contribution in [0, 0.1) is 5.82 Å². The van der Waals surface area contributed by atoms with Crippen molar-refractivity contribution in [1.29, 1.82) is 0 Å². The van der Waals surface area contributed by atoms with Crippen molar-refractivity contribution in [3.05, 3.63) is 28.2 Å². The number of carbonyl (C=O) groups is 1. The number of hydrogen-bond donors (Lipinski definition) is 1. The van der Waals surface area contributed by atoms with E-state index in [2.05, 4.69) is 20.9 Å². The third-order valence-corrected chi connectivity index (χ3v) is 2.70. The molecule has 0 spiro atoms. The summed E-state index contributed by atoms with van der Waals surface area (Å²) in [4.78, 5) is 14.5. The maximum absolute atomic E-state index is 14.2. The number of nitrogens with zero attached hydrogens (tertiary/aromatic N) is 1. The molecule has 0 aliphatic carbocycles. The van der Waals surface area contributed by atoms with Crippen LogP contribution in [0.5, 0.6) is 0 Å². The van der Waals surface area contributed by atoms with Crippen LogP contribution < -0.4 is 0 Å². The molecule has 0 saturated carbocycles. The van der Waals surface area contributed by atoms with Gasteiger partial charge in [-0.25, -0.2) is 18.6 Å². The Labute approximate surface area is 99.6 Å². The monoisotopic (exact) mass is 293 g/mol. The number of alkyl halides is 1. The molecule has 1 heterocycles. The van der Waals surface area contributed by atoms with E-state index in [1.807, 2.05) is 0 Å². The van der Waals surface area contributed by atoms with E-state index in [0.29, 0.717) is 6.42 Å². The molecule has 1 atom stereocenters. The van der Waals surface area contributed by atoms with Gasteiger partial charge in [0.05, 0.1) is 5.69 Å². The molecule has 0 bridgehead atoms. The van der Waals surface area contributed by atoms with Gasteiger partial charge in [-0.2, -0.15) is 0 Å². The molecule has 1 aromatic rings. The van der Waals surface area contributed by atoms with E-state index in [1.54, 1.807) is 6.92 Å². The average molecular weight is 294 g/mol. The van der Waals surface area contributed by atoms with Crippen molar-refractivity contribution >= 4 is 21.9 Å². The standard InChI is InChI=1S/C10H10BrF2NO2/c1-2-5-10(13,9(15)16)7-4-3-6(12)8(11)14-7/h3-4H,2,5H2,1H3,(H,15,16). The van der Waals surface area contributed by atoms with Crippen molar-refractivity contribution in [3.8, 4) is 0 Å². The Morgan fingerprint density at radius 3 is 2.69 bits per heavy atom. The Morgan fingerprint density at radius 2 is 2.25 bits per heavy atom. The van der Waals surface area contributed by atoms with E-state index in [1.165, 1.54) is 0 Å². The Kier molecular flexibility index (Phi) is 3.96. The van der Waals surface area contributed by atoms with Crippen LogP contribution in [0.2, 0.25) is 0 Å². The fourth-order valence-electron chi connectivity index (χ4n) is 1.33. The number of halogens is 3. The molecule has 88 valence electrons. The van der Waals surface area contributed by atoms with Crippen LogP contribution in [-0.4, -0.2) is 16.1 Å². The van der Waals surface area contributed by atoms with E-state index in [-0.39, 0.29) is 16.7 Å². The SMILES string of the molecule is CCCC(F)(C(=O)O)c1ccc(F)c(Br)n1. The topological polar surface area (TPSA) is 50.2 Å². The van der Waals surface area contributed by atoms with Crippen LogP contribution in [0.1, 0.15) is 25.5 Å². The summed E-state index contributed by atoms with van der Waals surface area (Å²) in [7, 11) is 0. The van der Waals surface area contributed by atoms with Gasteiger partial charge in [0.15, 0.2) is 5.82 Å². The lowest BCUT2D eigenvalue weighted by Crippen LogP contribution is -2.31. The summed E-state index contributed by atoms with van der Waals surface area (Å²) < 4.78 is 26.9. The number of carboxylic acid groups (broad SMARTS) is 1. The molecule has 0 aromatic carbocycles. The van der Waals surface area contributed by atoms with Crippen LogP contribution in [0.15, 0.2) is 16.7 Å². The summed E-state index contributed by atoms with van der Waals surface area (Å²) in [6.45, 7) is 1.66.